The molecule has 0 bridgehead atoms. The number of amides is 1. The highest BCUT2D eigenvalue weighted by Gasteiger charge is 2.26. The van der Waals surface area contributed by atoms with Gasteiger partial charge in [-0.05, 0) is 25.0 Å². The van der Waals surface area contributed by atoms with E-state index >= 15 is 0 Å². The van der Waals surface area contributed by atoms with Crippen LogP contribution in [0.3, 0.4) is 0 Å². The highest BCUT2D eigenvalue weighted by atomic mass is 35.5. The van der Waals surface area contributed by atoms with E-state index in [-0.39, 0.29) is 12.5 Å². The summed E-state index contributed by atoms with van der Waals surface area (Å²) in [5.41, 5.74) is 0. The minimum atomic E-state index is -0.567. The van der Waals surface area contributed by atoms with Gasteiger partial charge in [-0.3, -0.25) is 4.79 Å². The normalized spacial score (nSPS) is 17.0. The summed E-state index contributed by atoms with van der Waals surface area (Å²) in [4.78, 5) is 11.9. The molecule has 1 aromatic carbocycles. The van der Waals surface area contributed by atoms with Gasteiger partial charge in [0.05, 0.1) is 0 Å². The van der Waals surface area contributed by atoms with Gasteiger partial charge in [0.25, 0.3) is 5.91 Å². The first-order chi connectivity index (χ1) is 9.31. The third kappa shape index (κ3) is 4.03. The number of halogens is 1. The zero-order valence-electron chi connectivity index (χ0n) is 10.7. The van der Waals surface area contributed by atoms with E-state index < -0.39 is 6.10 Å². The van der Waals surface area contributed by atoms with Gasteiger partial charge in [0.1, 0.15) is 6.61 Å². The standard InChI is InChI=1S/C14H18ClNO3/c15-8-4-1-5-9-16-14(17)13-10-18-11-6-2-3-7-12(11)19-13/h2-3,6-7,13H,1,4-5,8-10H2,(H,16,17). The van der Waals surface area contributed by atoms with Crippen LogP contribution in [0.5, 0.6) is 11.5 Å². The fourth-order valence-electron chi connectivity index (χ4n) is 1.87. The van der Waals surface area contributed by atoms with E-state index in [1.807, 2.05) is 18.2 Å². The molecule has 5 heteroatoms. The molecule has 0 spiro atoms. The van der Waals surface area contributed by atoms with Crippen LogP contribution in [0.2, 0.25) is 0 Å². The summed E-state index contributed by atoms with van der Waals surface area (Å²) in [6.07, 6.45) is 2.37. The second-order valence-corrected chi connectivity index (χ2v) is 4.78. The highest BCUT2D eigenvalue weighted by Crippen LogP contribution is 2.30. The summed E-state index contributed by atoms with van der Waals surface area (Å²) < 4.78 is 11.1. The van der Waals surface area contributed by atoms with Crippen molar-refractivity contribution in [3.05, 3.63) is 24.3 Å². The van der Waals surface area contributed by atoms with Crippen molar-refractivity contribution in [2.24, 2.45) is 0 Å². The number of nitrogens with one attached hydrogen (secondary N) is 1. The fraction of sp³-hybridized carbons (Fsp3) is 0.500. The lowest BCUT2D eigenvalue weighted by molar-refractivity contribution is -0.130. The van der Waals surface area contributed by atoms with Gasteiger partial charge in [0, 0.05) is 12.4 Å². The maximum atomic E-state index is 11.9. The molecule has 0 saturated heterocycles. The van der Waals surface area contributed by atoms with E-state index in [2.05, 4.69) is 5.32 Å². The van der Waals surface area contributed by atoms with Gasteiger partial charge in [-0.15, -0.1) is 11.6 Å². The molecular weight excluding hydrogens is 266 g/mol. The Labute approximate surface area is 118 Å². The molecule has 1 heterocycles. The number of unbranched alkanes of at least 4 members (excludes halogenated alkanes) is 2. The van der Waals surface area contributed by atoms with E-state index in [1.165, 1.54) is 0 Å². The molecule has 1 unspecified atom stereocenters. The quantitative estimate of drug-likeness (QED) is 0.644. The van der Waals surface area contributed by atoms with Gasteiger partial charge in [-0.25, -0.2) is 0 Å². The zero-order valence-corrected chi connectivity index (χ0v) is 11.5. The van der Waals surface area contributed by atoms with Crippen LogP contribution >= 0.6 is 11.6 Å². The molecule has 0 aromatic heterocycles. The van der Waals surface area contributed by atoms with Crippen LogP contribution in [0.15, 0.2) is 24.3 Å². The first kappa shape index (κ1) is 14.0. The van der Waals surface area contributed by atoms with Crippen LogP contribution in [0.1, 0.15) is 19.3 Å². The minimum Gasteiger partial charge on any atom is -0.485 e. The van der Waals surface area contributed by atoms with Gasteiger partial charge in [0.15, 0.2) is 11.5 Å². The Bertz CT molecular complexity index is 425. The molecule has 1 aliphatic rings. The lowest BCUT2D eigenvalue weighted by atomic mass is 10.2. The second-order valence-electron chi connectivity index (χ2n) is 4.40. The molecule has 0 saturated carbocycles. The number of hydrogen-bond acceptors (Lipinski definition) is 3. The molecule has 0 aliphatic carbocycles. The predicted molar refractivity (Wildman–Crippen MR) is 73.9 cm³/mol. The fourth-order valence-corrected chi connectivity index (χ4v) is 2.06. The summed E-state index contributed by atoms with van der Waals surface area (Å²) in [6.45, 7) is 0.905. The Hall–Kier alpha value is -1.42. The minimum absolute atomic E-state index is 0.125. The van der Waals surface area contributed by atoms with Crippen molar-refractivity contribution in [1.82, 2.24) is 5.32 Å². The number of fused-ring (bicyclic) bond motifs is 1. The van der Waals surface area contributed by atoms with Crippen molar-refractivity contribution < 1.29 is 14.3 Å². The summed E-state index contributed by atoms with van der Waals surface area (Å²) in [7, 11) is 0. The topological polar surface area (TPSA) is 47.6 Å². The van der Waals surface area contributed by atoms with Crippen LogP contribution in [-0.4, -0.2) is 31.0 Å². The first-order valence-electron chi connectivity index (χ1n) is 6.53. The lowest BCUT2D eigenvalue weighted by Gasteiger charge is -2.25. The number of rotatable bonds is 6. The molecule has 19 heavy (non-hydrogen) atoms. The van der Waals surface area contributed by atoms with Gasteiger partial charge in [-0.2, -0.15) is 0 Å². The summed E-state index contributed by atoms with van der Waals surface area (Å²) in [5.74, 6) is 1.86. The molecule has 1 amide bonds. The summed E-state index contributed by atoms with van der Waals surface area (Å²) >= 11 is 5.59. The molecule has 0 fully saturated rings. The summed E-state index contributed by atoms with van der Waals surface area (Å²) in [6, 6.07) is 7.36. The number of carbonyl (C=O) groups excluding carboxylic acids is 1. The van der Waals surface area contributed by atoms with Crippen molar-refractivity contribution >= 4 is 17.5 Å². The monoisotopic (exact) mass is 283 g/mol. The highest BCUT2D eigenvalue weighted by molar-refractivity contribution is 6.17. The molecule has 2 rings (SSSR count). The van der Waals surface area contributed by atoms with Crippen molar-refractivity contribution in [3.63, 3.8) is 0 Å². The Morgan fingerprint density at radius 1 is 1.26 bits per heavy atom. The Kier molecular flexibility index (Phi) is 5.33. The number of hydrogen-bond donors (Lipinski definition) is 1. The number of benzene rings is 1. The second kappa shape index (κ2) is 7.24. The van der Waals surface area contributed by atoms with Crippen LogP contribution in [0, 0.1) is 0 Å². The maximum Gasteiger partial charge on any atom is 0.264 e. The average Bonchev–Trinajstić information content (AvgIpc) is 2.46. The van der Waals surface area contributed by atoms with Crippen molar-refractivity contribution in [2.75, 3.05) is 19.0 Å². The Balaban J connectivity index is 1.76. The van der Waals surface area contributed by atoms with Crippen LogP contribution < -0.4 is 14.8 Å². The number of ether oxygens (including phenoxy) is 2. The van der Waals surface area contributed by atoms with Gasteiger partial charge >= 0.3 is 0 Å². The van der Waals surface area contributed by atoms with Crippen LogP contribution in [-0.2, 0) is 4.79 Å². The van der Waals surface area contributed by atoms with E-state index in [0.717, 1.165) is 19.3 Å². The molecule has 4 nitrogen and oxygen atoms in total. The van der Waals surface area contributed by atoms with E-state index in [9.17, 15) is 4.79 Å². The number of carbonyl (C=O) groups is 1. The van der Waals surface area contributed by atoms with E-state index in [4.69, 9.17) is 21.1 Å². The molecule has 1 atom stereocenters. The van der Waals surface area contributed by atoms with Crippen molar-refractivity contribution in [2.45, 2.75) is 25.4 Å². The third-order valence-corrected chi connectivity index (χ3v) is 3.18. The van der Waals surface area contributed by atoms with Gasteiger partial charge < -0.3 is 14.8 Å². The third-order valence-electron chi connectivity index (χ3n) is 2.91. The molecule has 1 aromatic rings. The van der Waals surface area contributed by atoms with Gasteiger partial charge in [-0.1, -0.05) is 18.6 Å². The summed E-state index contributed by atoms with van der Waals surface area (Å²) in [5, 5.41) is 2.86. The molecule has 1 aliphatic heterocycles. The van der Waals surface area contributed by atoms with E-state index in [1.54, 1.807) is 6.07 Å². The van der Waals surface area contributed by atoms with Crippen LogP contribution in [0.4, 0.5) is 0 Å². The predicted octanol–water partition coefficient (Wildman–Crippen LogP) is 2.35. The maximum absolute atomic E-state index is 11.9. The zero-order chi connectivity index (χ0) is 13.5. The lowest BCUT2D eigenvalue weighted by Crippen LogP contribution is -2.44. The van der Waals surface area contributed by atoms with E-state index in [0.29, 0.717) is 23.9 Å². The largest absolute Gasteiger partial charge is 0.485 e. The smallest absolute Gasteiger partial charge is 0.264 e. The molecule has 1 N–H and O–H groups in total. The van der Waals surface area contributed by atoms with Crippen LogP contribution in [0.25, 0.3) is 0 Å². The SMILES string of the molecule is O=C(NCCCCCCl)C1COc2ccccc2O1. The molecule has 0 radical (unpaired) electrons. The Morgan fingerprint density at radius 3 is 2.84 bits per heavy atom. The number of alkyl halides is 1. The van der Waals surface area contributed by atoms with Gasteiger partial charge in [0.2, 0.25) is 6.10 Å². The van der Waals surface area contributed by atoms with Crippen molar-refractivity contribution in [3.8, 4) is 11.5 Å². The first-order valence-corrected chi connectivity index (χ1v) is 7.07. The Morgan fingerprint density at radius 2 is 2.05 bits per heavy atom. The average molecular weight is 284 g/mol. The van der Waals surface area contributed by atoms with Crippen molar-refractivity contribution in [1.29, 1.82) is 0 Å². The molecule has 104 valence electrons. The molecular formula is C14H18ClNO3. The number of para-hydroxylation sites is 2.